The number of ether oxygens (including phenoxy) is 1. The molecule has 2 heterocycles. The van der Waals surface area contributed by atoms with E-state index >= 15 is 0 Å². The van der Waals surface area contributed by atoms with E-state index in [4.69, 9.17) is 4.74 Å². The molecule has 0 fully saturated rings. The molecular weight excluding hydrogens is 351 g/mol. The van der Waals surface area contributed by atoms with Crippen LogP contribution in [0.4, 0.5) is 10.1 Å². The molecule has 2 aromatic heterocycles. The third-order valence-electron chi connectivity index (χ3n) is 4.02. The van der Waals surface area contributed by atoms with E-state index in [0.29, 0.717) is 11.4 Å². The zero-order chi connectivity index (χ0) is 19.4. The second-order valence-corrected chi connectivity index (χ2v) is 6.06. The Bertz CT molecular complexity index is 949. The van der Waals surface area contributed by atoms with Gasteiger partial charge in [-0.1, -0.05) is 11.3 Å². The molecule has 0 radical (unpaired) electrons. The highest BCUT2D eigenvalue weighted by Crippen LogP contribution is 2.19. The van der Waals surface area contributed by atoms with Crippen LogP contribution >= 0.6 is 0 Å². The summed E-state index contributed by atoms with van der Waals surface area (Å²) in [5.41, 5.74) is 2.94. The van der Waals surface area contributed by atoms with Crippen LogP contribution in [0.2, 0.25) is 0 Å². The predicted octanol–water partition coefficient (Wildman–Crippen LogP) is 2.47. The number of carbonyl (C=O) groups is 1. The number of benzene rings is 1. The Morgan fingerprint density at radius 2 is 2.15 bits per heavy atom. The van der Waals surface area contributed by atoms with Crippen LogP contribution in [0.25, 0.3) is 0 Å². The number of halogens is 1. The second kappa shape index (κ2) is 7.98. The predicted molar refractivity (Wildman–Crippen MR) is 96.8 cm³/mol. The van der Waals surface area contributed by atoms with Crippen molar-refractivity contribution < 1.29 is 13.9 Å². The molecule has 142 valence electrons. The molecule has 0 saturated heterocycles. The van der Waals surface area contributed by atoms with Crippen LogP contribution in [0.1, 0.15) is 24.0 Å². The largest absolute Gasteiger partial charge is 0.487 e. The highest BCUT2D eigenvalue weighted by molar-refractivity contribution is 5.91. The molecule has 3 rings (SSSR count). The molecule has 0 saturated carbocycles. The summed E-state index contributed by atoms with van der Waals surface area (Å²) in [5.74, 6) is -0.190. The number of hydrogen-bond donors (Lipinski definition) is 1. The fraction of sp³-hybridized carbons (Fsp3) is 0.333. The summed E-state index contributed by atoms with van der Waals surface area (Å²) in [6.45, 7) is 6.65. The first-order chi connectivity index (χ1) is 13.0. The molecule has 1 amide bonds. The number of rotatable bonds is 7. The van der Waals surface area contributed by atoms with Gasteiger partial charge in [-0.15, -0.1) is 5.10 Å². The minimum Gasteiger partial charge on any atom is -0.487 e. The average Bonchev–Trinajstić information content (AvgIpc) is 3.19. The molecule has 9 heteroatoms. The Labute approximate surface area is 155 Å². The van der Waals surface area contributed by atoms with Gasteiger partial charge >= 0.3 is 0 Å². The Kier molecular flexibility index (Phi) is 5.49. The number of nitrogens with one attached hydrogen (secondary N) is 1. The first kappa shape index (κ1) is 18.6. The van der Waals surface area contributed by atoms with Gasteiger partial charge in [-0.2, -0.15) is 5.10 Å². The zero-order valence-corrected chi connectivity index (χ0v) is 15.4. The van der Waals surface area contributed by atoms with E-state index in [0.717, 1.165) is 23.6 Å². The molecular formula is C18H21FN6O2. The molecule has 1 N–H and O–H groups in total. The van der Waals surface area contributed by atoms with E-state index in [9.17, 15) is 9.18 Å². The van der Waals surface area contributed by atoms with Gasteiger partial charge in [-0.3, -0.25) is 9.48 Å². The molecule has 27 heavy (non-hydrogen) atoms. The van der Waals surface area contributed by atoms with Crippen LogP contribution in [-0.2, 0) is 24.5 Å². The van der Waals surface area contributed by atoms with Gasteiger partial charge in [0.1, 0.15) is 30.4 Å². The first-order valence-corrected chi connectivity index (χ1v) is 8.57. The molecule has 0 bridgehead atoms. The zero-order valence-electron chi connectivity index (χ0n) is 15.4. The van der Waals surface area contributed by atoms with E-state index in [-0.39, 0.29) is 24.9 Å². The minimum atomic E-state index is -0.371. The lowest BCUT2D eigenvalue weighted by atomic mass is 10.3. The van der Waals surface area contributed by atoms with Crippen LogP contribution in [0.15, 0.2) is 30.5 Å². The molecule has 0 aliphatic heterocycles. The standard InChI is InChI=1S/C18H21FN6O2/c1-4-25-13(3)18(12(2)22-25)20-17(26)10-24-9-15(21-23-24)11-27-16-7-5-6-14(19)8-16/h5-9H,4,10-11H2,1-3H3,(H,20,26). The fourth-order valence-electron chi connectivity index (χ4n) is 2.71. The topological polar surface area (TPSA) is 86.9 Å². The number of carbonyl (C=O) groups excluding carboxylic acids is 1. The van der Waals surface area contributed by atoms with Crippen LogP contribution in [0.5, 0.6) is 5.75 Å². The third kappa shape index (κ3) is 4.49. The van der Waals surface area contributed by atoms with Gasteiger partial charge in [0.2, 0.25) is 5.91 Å². The summed E-state index contributed by atoms with van der Waals surface area (Å²) in [4.78, 5) is 12.3. The number of hydrogen-bond acceptors (Lipinski definition) is 5. The number of aryl methyl sites for hydroxylation is 2. The number of nitrogens with zero attached hydrogens (tertiary/aromatic N) is 5. The van der Waals surface area contributed by atoms with Gasteiger partial charge in [0, 0.05) is 12.6 Å². The lowest BCUT2D eigenvalue weighted by Gasteiger charge is -2.06. The monoisotopic (exact) mass is 372 g/mol. The van der Waals surface area contributed by atoms with Gasteiger partial charge in [-0.25, -0.2) is 9.07 Å². The average molecular weight is 372 g/mol. The SMILES string of the molecule is CCn1nc(C)c(NC(=O)Cn2cc(COc3cccc(F)c3)nn2)c1C. The summed E-state index contributed by atoms with van der Waals surface area (Å²) >= 11 is 0. The van der Waals surface area contributed by atoms with E-state index in [1.165, 1.54) is 16.8 Å². The number of amides is 1. The lowest BCUT2D eigenvalue weighted by molar-refractivity contribution is -0.116. The van der Waals surface area contributed by atoms with Gasteiger partial charge in [0.05, 0.1) is 23.3 Å². The third-order valence-corrected chi connectivity index (χ3v) is 4.02. The van der Waals surface area contributed by atoms with Crippen molar-refractivity contribution in [1.82, 2.24) is 24.8 Å². The number of anilines is 1. The van der Waals surface area contributed by atoms with Crippen LogP contribution in [0.3, 0.4) is 0 Å². The molecule has 0 unspecified atom stereocenters. The van der Waals surface area contributed by atoms with Crippen LogP contribution < -0.4 is 10.1 Å². The molecule has 1 aromatic carbocycles. The van der Waals surface area contributed by atoms with Crippen molar-refractivity contribution >= 4 is 11.6 Å². The van der Waals surface area contributed by atoms with Crippen molar-refractivity contribution in [2.24, 2.45) is 0 Å². The van der Waals surface area contributed by atoms with E-state index in [1.807, 2.05) is 25.5 Å². The molecule has 0 aliphatic rings. The maximum absolute atomic E-state index is 13.1. The molecule has 0 aliphatic carbocycles. The van der Waals surface area contributed by atoms with Gasteiger partial charge < -0.3 is 10.1 Å². The van der Waals surface area contributed by atoms with Crippen molar-refractivity contribution in [2.45, 2.75) is 40.5 Å². The maximum atomic E-state index is 13.1. The van der Waals surface area contributed by atoms with E-state index in [2.05, 4.69) is 20.7 Å². The summed E-state index contributed by atoms with van der Waals surface area (Å²) in [6, 6.07) is 5.85. The van der Waals surface area contributed by atoms with Crippen LogP contribution in [0, 0.1) is 19.7 Å². The Balaban J connectivity index is 1.57. The smallest absolute Gasteiger partial charge is 0.246 e. The van der Waals surface area contributed by atoms with Gasteiger partial charge in [0.25, 0.3) is 0 Å². The van der Waals surface area contributed by atoms with Crippen molar-refractivity contribution in [1.29, 1.82) is 0 Å². The molecule has 0 spiro atoms. The summed E-state index contributed by atoms with van der Waals surface area (Å²) in [7, 11) is 0. The number of aromatic nitrogens is 5. The Morgan fingerprint density at radius 3 is 2.85 bits per heavy atom. The Morgan fingerprint density at radius 1 is 1.33 bits per heavy atom. The van der Waals surface area contributed by atoms with Crippen molar-refractivity contribution in [3.63, 3.8) is 0 Å². The fourth-order valence-corrected chi connectivity index (χ4v) is 2.71. The summed E-state index contributed by atoms with van der Waals surface area (Å²) in [5, 5.41) is 15.1. The molecule has 8 nitrogen and oxygen atoms in total. The van der Waals surface area contributed by atoms with E-state index in [1.54, 1.807) is 18.3 Å². The van der Waals surface area contributed by atoms with E-state index < -0.39 is 0 Å². The van der Waals surface area contributed by atoms with Crippen LogP contribution in [-0.4, -0.2) is 30.7 Å². The molecule has 3 aromatic rings. The lowest BCUT2D eigenvalue weighted by Crippen LogP contribution is -2.20. The Hall–Kier alpha value is -3.23. The molecule has 0 atom stereocenters. The van der Waals surface area contributed by atoms with Crippen molar-refractivity contribution in [2.75, 3.05) is 5.32 Å². The second-order valence-electron chi connectivity index (χ2n) is 6.06. The summed E-state index contributed by atoms with van der Waals surface area (Å²) in [6.07, 6.45) is 1.62. The normalized spacial score (nSPS) is 10.8. The minimum absolute atomic E-state index is 0.0170. The maximum Gasteiger partial charge on any atom is 0.246 e. The highest BCUT2D eigenvalue weighted by Gasteiger charge is 2.14. The van der Waals surface area contributed by atoms with Crippen molar-refractivity contribution in [3.05, 3.63) is 53.4 Å². The summed E-state index contributed by atoms with van der Waals surface area (Å²) < 4.78 is 21.9. The van der Waals surface area contributed by atoms with Crippen molar-refractivity contribution in [3.8, 4) is 5.75 Å². The highest BCUT2D eigenvalue weighted by atomic mass is 19.1. The quantitative estimate of drug-likeness (QED) is 0.688. The van der Waals surface area contributed by atoms with Gasteiger partial charge in [0.15, 0.2) is 0 Å². The first-order valence-electron chi connectivity index (χ1n) is 8.57. The van der Waals surface area contributed by atoms with Gasteiger partial charge in [-0.05, 0) is 32.9 Å².